The smallest absolute Gasteiger partial charge is 0.344 e. The Morgan fingerprint density at radius 2 is 1.74 bits per heavy atom. The fraction of sp³-hybridized carbons (Fsp3) is 0.160. The topological polar surface area (TPSA) is 55.8 Å². The molecule has 0 fully saturated rings. The Bertz CT molecular complexity index is 1240. The molecule has 0 bridgehead atoms. The van der Waals surface area contributed by atoms with Crippen molar-refractivity contribution in [2.45, 2.75) is 13.3 Å². The highest BCUT2D eigenvalue weighted by Gasteiger charge is 2.22. The Labute approximate surface area is 204 Å². The number of carbonyl (C=O) groups excluding carboxylic acids is 1. The molecule has 3 aromatic carbocycles. The second kappa shape index (κ2) is 10.8. The summed E-state index contributed by atoms with van der Waals surface area (Å²) in [5, 5.41) is 9.84. The minimum absolute atomic E-state index is 0.0170. The second-order valence-corrected chi connectivity index (χ2v) is 7.94. The molecule has 34 heavy (non-hydrogen) atoms. The van der Waals surface area contributed by atoms with Crippen LogP contribution in [0.5, 0.6) is 11.5 Å². The number of phenols is 1. The highest BCUT2D eigenvalue weighted by atomic mass is 35.5. The van der Waals surface area contributed by atoms with Gasteiger partial charge in [-0.25, -0.2) is 18.0 Å². The average Bonchev–Trinajstić information content (AvgIpc) is 2.80. The lowest BCUT2D eigenvalue weighted by molar-refractivity contribution is -0.145. The molecule has 178 valence electrons. The molecule has 0 atom stereocenters. The van der Waals surface area contributed by atoms with Gasteiger partial charge in [0.15, 0.2) is 18.2 Å². The van der Waals surface area contributed by atoms with E-state index < -0.39 is 35.1 Å². The summed E-state index contributed by atoms with van der Waals surface area (Å²) in [6.45, 7) is 5.02. The summed E-state index contributed by atoms with van der Waals surface area (Å²) in [6.07, 6.45) is -0.220. The number of ether oxygens (including phenoxy) is 2. The van der Waals surface area contributed by atoms with Crippen molar-refractivity contribution in [1.29, 1.82) is 0 Å². The number of rotatable bonds is 8. The van der Waals surface area contributed by atoms with Gasteiger partial charge in [0.1, 0.15) is 17.4 Å². The van der Waals surface area contributed by atoms with Gasteiger partial charge >= 0.3 is 5.97 Å². The zero-order valence-corrected chi connectivity index (χ0v) is 19.4. The first kappa shape index (κ1) is 25.5. The Morgan fingerprint density at radius 1 is 1.06 bits per heavy atom. The SMILES string of the molecule is C=C(c1ccc(F)cc1)c1c(O)ccc(Cc2c(Cl)cc(OCC(=O)OCC)c(F)c2Cl)c1F. The van der Waals surface area contributed by atoms with E-state index in [1.54, 1.807) is 6.92 Å². The van der Waals surface area contributed by atoms with Crippen molar-refractivity contribution < 1.29 is 32.5 Å². The van der Waals surface area contributed by atoms with Crippen molar-refractivity contribution >= 4 is 34.7 Å². The maximum atomic E-state index is 15.4. The molecule has 0 saturated heterocycles. The molecule has 3 rings (SSSR count). The van der Waals surface area contributed by atoms with Gasteiger partial charge in [-0.2, -0.15) is 0 Å². The second-order valence-electron chi connectivity index (χ2n) is 7.15. The lowest BCUT2D eigenvalue weighted by Gasteiger charge is -2.16. The normalized spacial score (nSPS) is 10.8. The zero-order valence-electron chi connectivity index (χ0n) is 17.9. The molecule has 3 aromatic rings. The molecule has 0 aromatic heterocycles. The van der Waals surface area contributed by atoms with Gasteiger partial charge in [0.2, 0.25) is 0 Å². The fourth-order valence-corrected chi connectivity index (χ4v) is 3.81. The monoisotopic (exact) mass is 510 g/mol. The molecule has 9 heteroatoms. The van der Waals surface area contributed by atoms with Crippen LogP contribution in [0.1, 0.15) is 29.2 Å². The number of halogens is 5. The summed E-state index contributed by atoms with van der Waals surface area (Å²) in [4.78, 5) is 11.5. The van der Waals surface area contributed by atoms with E-state index in [9.17, 15) is 18.7 Å². The van der Waals surface area contributed by atoms with E-state index in [1.807, 2.05) is 0 Å². The van der Waals surface area contributed by atoms with E-state index in [0.29, 0.717) is 5.56 Å². The molecule has 0 radical (unpaired) electrons. The minimum atomic E-state index is -0.972. The first-order valence-electron chi connectivity index (χ1n) is 10.0. The number of carbonyl (C=O) groups is 1. The lowest BCUT2D eigenvalue weighted by Crippen LogP contribution is -2.15. The maximum Gasteiger partial charge on any atom is 0.344 e. The van der Waals surface area contributed by atoms with Gasteiger partial charge in [-0.3, -0.25) is 0 Å². The molecule has 1 N–H and O–H groups in total. The van der Waals surface area contributed by atoms with E-state index in [1.165, 1.54) is 36.4 Å². The molecular formula is C25H19Cl2F3O4. The molecule has 0 aliphatic rings. The molecule has 0 aliphatic carbocycles. The molecule has 0 unspecified atom stereocenters. The van der Waals surface area contributed by atoms with Crippen LogP contribution < -0.4 is 4.74 Å². The van der Waals surface area contributed by atoms with E-state index in [2.05, 4.69) is 6.58 Å². The zero-order chi connectivity index (χ0) is 25.0. The maximum absolute atomic E-state index is 15.4. The third-order valence-corrected chi connectivity index (χ3v) is 5.66. The standard InChI is InChI=1S/C25H19Cl2F3O4/c1-3-33-21(32)12-34-20-11-18(26)17(23(27)25(20)30)10-15-6-9-19(31)22(24(15)29)13(2)14-4-7-16(28)8-5-14/h4-9,11,31H,2-3,10,12H2,1H3. The summed E-state index contributed by atoms with van der Waals surface area (Å²) in [5.41, 5.74) is 0.471. The number of hydrogen-bond donors (Lipinski definition) is 1. The van der Waals surface area contributed by atoms with Crippen molar-refractivity contribution in [3.63, 3.8) is 0 Å². The highest BCUT2D eigenvalue weighted by molar-refractivity contribution is 6.36. The summed E-state index contributed by atoms with van der Waals surface area (Å²) in [7, 11) is 0. The first-order chi connectivity index (χ1) is 16.1. The Morgan fingerprint density at radius 3 is 2.38 bits per heavy atom. The van der Waals surface area contributed by atoms with Crippen molar-refractivity contribution in [3.05, 3.63) is 98.8 Å². The Kier molecular flexibility index (Phi) is 8.12. The van der Waals surface area contributed by atoms with Gasteiger partial charge in [0.25, 0.3) is 0 Å². The van der Waals surface area contributed by atoms with Crippen LogP contribution >= 0.6 is 23.2 Å². The van der Waals surface area contributed by atoms with E-state index >= 15 is 4.39 Å². The summed E-state index contributed by atoms with van der Waals surface area (Å²) < 4.78 is 53.2. The molecule has 0 spiro atoms. The van der Waals surface area contributed by atoms with E-state index in [4.69, 9.17) is 32.7 Å². The van der Waals surface area contributed by atoms with Crippen LogP contribution in [0.25, 0.3) is 5.57 Å². The van der Waals surface area contributed by atoms with Crippen LogP contribution in [-0.4, -0.2) is 24.3 Å². The third kappa shape index (κ3) is 5.48. The largest absolute Gasteiger partial charge is 0.507 e. The number of esters is 1. The number of aromatic hydroxyl groups is 1. The van der Waals surface area contributed by atoms with Gasteiger partial charge in [-0.1, -0.05) is 48.0 Å². The van der Waals surface area contributed by atoms with E-state index in [0.717, 1.165) is 6.07 Å². The molecule has 0 saturated carbocycles. The van der Waals surface area contributed by atoms with Gasteiger partial charge < -0.3 is 14.6 Å². The lowest BCUT2D eigenvalue weighted by atomic mass is 9.94. The fourth-order valence-electron chi connectivity index (χ4n) is 3.24. The summed E-state index contributed by atoms with van der Waals surface area (Å²) in [6, 6.07) is 8.89. The van der Waals surface area contributed by atoms with Gasteiger partial charge in [-0.15, -0.1) is 0 Å². The molecule has 0 aliphatic heterocycles. The number of hydrogen-bond acceptors (Lipinski definition) is 4. The van der Waals surface area contributed by atoms with Crippen LogP contribution in [0.3, 0.4) is 0 Å². The van der Waals surface area contributed by atoms with Crippen LogP contribution in [-0.2, 0) is 16.0 Å². The van der Waals surface area contributed by atoms with E-state index in [-0.39, 0.29) is 51.8 Å². The van der Waals surface area contributed by atoms with Crippen LogP contribution in [0.15, 0.2) is 49.0 Å². The van der Waals surface area contributed by atoms with Crippen molar-refractivity contribution in [2.75, 3.05) is 13.2 Å². The Hall–Kier alpha value is -3.16. The van der Waals surface area contributed by atoms with Crippen molar-refractivity contribution in [1.82, 2.24) is 0 Å². The predicted molar refractivity (Wildman–Crippen MR) is 124 cm³/mol. The van der Waals surface area contributed by atoms with Gasteiger partial charge in [0, 0.05) is 17.5 Å². The predicted octanol–water partition coefficient (Wildman–Crippen LogP) is 6.71. The summed E-state index contributed by atoms with van der Waals surface area (Å²) in [5.74, 6) is -3.69. The van der Waals surface area contributed by atoms with Gasteiger partial charge in [0.05, 0.1) is 17.2 Å². The number of benzene rings is 3. The number of phenolic OH excluding ortho intramolecular Hbond substituents is 1. The Balaban J connectivity index is 1.93. The van der Waals surface area contributed by atoms with Crippen molar-refractivity contribution in [3.8, 4) is 11.5 Å². The molecular weight excluding hydrogens is 492 g/mol. The first-order valence-corrected chi connectivity index (χ1v) is 10.8. The highest BCUT2D eigenvalue weighted by Crippen LogP contribution is 2.38. The quantitative estimate of drug-likeness (QED) is 0.270. The molecule has 0 heterocycles. The minimum Gasteiger partial charge on any atom is -0.507 e. The third-order valence-electron chi connectivity index (χ3n) is 4.93. The molecule has 0 amide bonds. The van der Waals surface area contributed by atoms with Gasteiger partial charge in [-0.05, 0) is 47.4 Å². The van der Waals surface area contributed by atoms with Crippen LogP contribution in [0, 0.1) is 17.5 Å². The van der Waals surface area contributed by atoms with Crippen LogP contribution in [0.2, 0.25) is 10.0 Å². The molecule has 4 nitrogen and oxygen atoms in total. The van der Waals surface area contributed by atoms with Crippen LogP contribution in [0.4, 0.5) is 13.2 Å². The van der Waals surface area contributed by atoms with Crippen molar-refractivity contribution in [2.24, 2.45) is 0 Å². The summed E-state index contributed by atoms with van der Waals surface area (Å²) >= 11 is 12.4. The average molecular weight is 511 g/mol.